The highest BCUT2D eigenvalue weighted by Crippen LogP contribution is 2.18. The molecule has 2 aromatic carbocycles. The Morgan fingerprint density at radius 3 is 2.58 bits per heavy atom. The van der Waals surface area contributed by atoms with Crippen LogP contribution in [0.4, 0.5) is 5.69 Å². The smallest absolute Gasteiger partial charge is 0.328 e. The Labute approximate surface area is 158 Å². The third-order valence-corrected chi connectivity index (χ3v) is 4.66. The number of esters is 1. The van der Waals surface area contributed by atoms with Crippen molar-refractivity contribution in [2.24, 2.45) is 0 Å². The number of methoxy groups -OCH3 is 1. The Bertz CT molecular complexity index is 750. The van der Waals surface area contributed by atoms with Gasteiger partial charge in [0.2, 0.25) is 0 Å². The van der Waals surface area contributed by atoms with Gasteiger partial charge < -0.3 is 15.8 Å². The molecule has 0 aliphatic carbocycles. The lowest BCUT2D eigenvalue weighted by Gasteiger charge is -2.17. The standard InChI is InChI=1S/C20H24N2O3S/c1-25-20(24)18(10-11-26-2)22-19(23)17-9-8-16(21)13-15(17)12-14-6-4-3-5-7-14/h3-9,13,18H,10-12,21H2,1-2H3,(H,22,23). The van der Waals surface area contributed by atoms with Crippen LogP contribution in [0.25, 0.3) is 0 Å². The molecule has 2 aromatic rings. The van der Waals surface area contributed by atoms with Gasteiger partial charge in [0.1, 0.15) is 6.04 Å². The van der Waals surface area contributed by atoms with Crippen molar-refractivity contribution < 1.29 is 14.3 Å². The second-order valence-electron chi connectivity index (χ2n) is 5.91. The van der Waals surface area contributed by atoms with Gasteiger partial charge in [-0.1, -0.05) is 30.3 Å². The summed E-state index contributed by atoms with van der Waals surface area (Å²) in [5.41, 5.74) is 8.92. The van der Waals surface area contributed by atoms with Crippen LogP contribution in [0.2, 0.25) is 0 Å². The van der Waals surface area contributed by atoms with E-state index in [1.807, 2.05) is 36.6 Å². The SMILES string of the molecule is COC(=O)C(CCSC)NC(=O)c1ccc(N)cc1Cc1ccccc1. The summed E-state index contributed by atoms with van der Waals surface area (Å²) in [5.74, 6) is 0.0125. The first kappa shape index (κ1) is 19.8. The van der Waals surface area contributed by atoms with Crippen LogP contribution in [0, 0.1) is 0 Å². The quantitative estimate of drug-likeness (QED) is 0.550. The second kappa shape index (κ2) is 9.87. The van der Waals surface area contributed by atoms with Gasteiger partial charge in [-0.05, 0) is 54.2 Å². The lowest BCUT2D eigenvalue weighted by Crippen LogP contribution is -2.42. The number of rotatable bonds is 8. The van der Waals surface area contributed by atoms with E-state index in [1.165, 1.54) is 7.11 Å². The van der Waals surface area contributed by atoms with E-state index in [0.717, 1.165) is 16.9 Å². The number of carbonyl (C=O) groups is 2. The lowest BCUT2D eigenvalue weighted by atomic mass is 9.98. The van der Waals surface area contributed by atoms with Crippen LogP contribution in [0.3, 0.4) is 0 Å². The number of nitrogens with one attached hydrogen (secondary N) is 1. The van der Waals surface area contributed by atoms with Gasteiger partial charge in [0.05, 0.1) is 7.11 Å². The van der Waals surface area contributed by atoms with E-state index in [2.05, 4.69) is 5.32 Å². The number of thioether (sulfide) groups is 1. The van der Waals surface area contributed by atoms with Gasteiger partial charge in [0.15, 0.2) is 0 Å². The molecule has 0 saturated heterocycles. The number of nitrogen functional groups attached to an aromatic ring is 1. The molecule has 0 spiro atoms. The molecule has 3 N–H and O–H groups in total. The summed E-state index contributed by atoms with van der Waals surface area (Å²) in [6.07, 6.45) is 3.05. The van der Waals surface area contributed by atoms with Crippen LogP contribution in [-0.2, 0) is 16.0 Å². The van der Waals surface area contributed by atoms with Crippen molar-refractivity contribution in [1.29, 1.82) is 0 Å². The second-order valence-corrected chi connectivity index (χ2v) is 6.90. The predicted octanol–water partition coefficient (Wildman–Crippen LogP) is 2.88. The minimum Gasteiger partial charge on any atom is -0.467 e. The predicted molar refractivity (Wildman–Crippen MR) is 106 cm³/mol. The fourth-order valence-corrected chi connectivity index (χ4v) is 3.13. The largest absolute Gasteiger partial charge is 0.467 e. The molecule has 0 aliphatic rings. The summed E-state index contributed by atoms with van der Waals surface area (Å²) in [6, 6.07) is 14.4. The maximum Gasteiger partial charge on any atom is 0.328 e. The fourth-order valence-electron chi connectivity index (χ4n) is 2.66. The first-order valence-electron chi connectivity index (χ1n) is 8.35. The molecule has 0 saturated carbocycles. The Hall–Kier alpha value is -2.47. The Balaban J connectivity index is 2.23. The molecule has 0 radical (unpaired) electrons. The summed E-state index contributed by atoms with van der Waals surface area (Å²) < 4.78 is 4.81. The zero-order valence-corrected chi connectivity index (χ0v) is 15.8. The molecule has 6 heteroatoms. The van der Waals surface area contributed by atoms with E-state index in [1.54, 1.807) is 30.0 Å². The van der Waals surface area contributed by atoms with Gasteiger partial charge in [-0.3, -0.25) is 4.79 Å². The zero-order valence-electron chi connectivity index (χ0n) is 15.0. The monoisotopic (exact) mass is 372 g/mol. The highest BCUT2D eigenvalue weighted by Gasteiger charge is 2.23. The average Bonchev–Trinajstić information content (AvgIpc) is 2.65. The van der Waals surface area contributed by atoms with Crippen LogP contribution in [0.1, 0.15) is 27.9 Å². The molecule has 2 rings (SSSR count). The molecule has 138 valence electrons. The third-order valence-electron chi connectivity index (χ3n) is 4.01. The number of benzene rings is 2. The molecule has 1 atom stereocenters. The van der Waals surface area contributed by atoms with Crippen LogP contribution in [0.5, 0.6) is 0 Å². The zero-order chi connectivity index (χ0) is 18.9. The first-order chi connectivity index (χ1) is 12.5. The number of nitrogens with two attached hydrogens (primary N) is 1. The molecule has 5 nitrogen and oxygen atoms in total. The van der Waals surface area contributed by atoms with Crippen molar-refractivity contribution in [1.82, 2.24) is 5.32 Å². The number of amides is 1. The van der Waals surface area contributed by atoms with E-state index < -0.39 is 12.0 Å². The van der Waals surface area contributed by atoms with Gasteiger partial charge in [0, 0.05) is 11.3 Å². The summed E-state index contributed by atoms with van der Waals surface area (Å²) in [4.78, 5) is 24.7. The van der Waals surface area contributed by atoms with E-state index in [-0.39, 0.29) is 5.91 Å². The average molecular weight is 372 g/mol. The number of anilines is 1. The third kappa shape index (κ3) is 5.52. The van der Waals surface area contributed by atoms with E-state index in [0.29, 0.717) is 24.1 Å². The van der Waals surface area contributed by atoms with E-state index in [4.69, 9.17) is 10.5 Å². The number of ether oxygens (including phenoxy) is 1. The van der Waals surface area contributed by atoms with Gasteiger partial charge in [0.25, 0.3) is 5.91 Å². The lowest BCUT2D eigenvalue weighted by molar-refractivity contribution is -0.142. The minimum atomic E-state index is -0.665. The van der Waals surface area contributed by atoms with Crippen molar-refractivity contribution in [3.05, 3.63) is 65.2 Å². The minimum absolute atomic E-state index is 0.299. The van der Waals surface area contributed by atoms with Crippen molar-refractivity contribution in [3.8, 4) is 0 Å². The molecule has 0 fully saturated rings. The maximum absolute atomic E-state index is 12.8. The van der Waals surface area contributed by atoms with Crippen LogP contribution in [-0.4, -0.2) is 37.0 Å². The molecule has 1 unspecified atom stereocenters. The Morgan fingerprint density at radius 1 is 1.19 bits per heavy atom. The van der Waals surface area contributed by atoms with Gasteiger partial charge >= 0.3 is 5.97 Å². The molecule has 0 heterocycles. The molecular formula is C20H24N2O3S. The molecule has 1 amide bonds. The molecular weight excluding hydrogens is 348 g/mol. The van der Waals surface area contributed by atoms with Crippen LogP contribution < -0.4 is 11.1 Å². The van der Waals surface area contributed by atoms with Crippen LogP contribution >= 0.6 is 11.8 Å². The van der Waals surface area contributed by atoms with Crippen molar-refractivity contribution in [3.63, 3.8) is 0 Å². The molecule has 0 aliphatic heterocycles. The van der Waals surface area contributed by atoms with E-state index in [9.17, 15) is 9.59 Å². The normalized spacial score (nSPS) is 11.6. The maximum atomic E-state index is 12.8. The summed E-state index contributed by atoms with van der Waals surface area (Å²) in [5, 5.41) is 2.80. The topological polar surface area (TPSA) is 81.4 Å². The summed E-state index contributed by atoms with van der Waals surface area (Å²) >= 11 is 1.61. The van der Waals surface area contributed by atoms with Gasteiger partial charge in [-0.25, -0.2) is 4.79 Å². The Morgan fingerprint density at radius 2 is 1.92 bits per heavy atom. The number of hydrogen-bond acceptors (Lipinski definition) is 5. The van der Waals surface area contributed by atoms with Gasteiger partial charge in [-0.15, -0.1) is 0 Å². The number of hydrogen-bond donors (Lipinski definition) is 2. The van der Waals surface area contributed by atoms with Crippen molar-refractivity contribution >= 4 is 29.3 Å². The molecule has 0 bridgehead atoms. The Kier molecular flexibility index (Phi) is 7.53. The molecule has 0 aromatic heterocycles. The van der Waals surface area contributed by atoms with E-state index >= 15 is 0 Å². The fraction of sp³-hybridized carbons (Fsp3) is 0.300. The summed E-state index contributed by atoms with van der Waals surface area (Å²) in [6.45, 7) is 0. The van der Waals surface area contributed by atoms with Gasteiger partial charge in [-0.2, -0.15) is 11.8 Å². The highest BCUT2D eigenvalue weighted by molar-refractivity contribution is 7.98. The van der Waals surface area contributed by atoms with Crippen molar-refractivity contribution in [2.75, 3.05) is 24.9 Å². The van der Waals surface area contributed by atoms with Crippen molar-refractivity contribution in [2.45, 2.75) is 18.9 Å². The number of carbonyl (C=O) groups excluding carboxylic acids is 2. The highest BCUT2D eigenvalue weighted by atomic mass is 32.2. The molecule has 26 heavy (non-hydrogen) atoms. The summed E-state index contributed by atoms with van der Waals surface area (Å²) in [7, 11) is 1.32. The first-order valence-corrected chi connectivity index (χ1v) is 9.74. The van der Waals surface area contributed by atoms with Crippen LogP contribution in [0.15, 0.2) is 48.5 Å².